The smallest absolute Gasteiger partial charge is 0.326 e. The van der Waals surface area contributed by atoms with Crippen molar-refractivity contribution in [1.29, 1.82) is 0 Å². The monoisotopic (exact) mass is 541 g/mol. The van der Waals surface area contributed by atoms with Gasteiger partial charge in [-0.25, -0.2) is 4.79 Å². The average Bonchev–Trinajstić information content (AvgIpc) is 3.06. The van der Waals surface area contributed by atoms with Crippen molar-refractivity contribution in [3.05, 3.63) is 80.8 Å². The molecule has 1 N–H and O–H groups in total. The van der Waals surface area contributed by atoms with E-state index in [2.05, 4.69) is 17.4 Å². The first-order valence-electron chi connectivity index (χ1n) is 12.1. The molecule has 3 aromatic rings. The number of urea groups is 1. The number of hydrogen-bond donors (Lipinski definition) is 1. The molecule has 0 saturated carbocycles. The standard InChI is InChI=1S/C28H26Cl3N3O2/c1-2-33-13-12-17(10-11-26(33)35)18-14-20(19-6-3-4-7-22(19)29)21-16-32-28(36)34(25(21)15-18)27-23(30)8-5-9-24(27)31/h3-9,14-15,17H,2,10-13,16H2,1H3,(H,32,36). The second kappa shape index (κ2) is 10.3. The second-order valence-electron chi connectivity index (χ2n) is 9.11. The van der Waals surface area contributed by atoms with Crippen LogP contribution in [0.15, 0.2) is 54.6 Å². The fourth-order valence-corrected chi connectivity index (χ4v) is 6.00. The first-order valence-corrected chi connectivity index (χ1v) is 13.2. The highest BCUT2D eigenvalue weighted by atomic mass is 35.5. The normalized spacial score (nSPS) is 18.1. The van der Waals surface area contributed by atoms with Gasteiger partial charge in [0.2, 0.25) is 5.91 Å². The number of rotatable bonds is 4. The molecule has 186 valence electrons. The number of anilines is 2. The average molecular weight is 543 g/mol. The van der Waals surface area contributed by atoms with Gasteiger partial charge in [-0.1, -0.05) is 65.1 Å². The van der Waals surface area contributed by atoms with Crippen LogP contribution >= 0.6 is 34.8 Å². The van der Waals surface area contributed by atoms with Gasteiger partial charge in [0.05, 0.1) is 21.4 Å². The first-order chi connectivity index (χ1) is 17.4. The number of nitrogens with zero attached hydrogens (tertiary/aromatic N) is 2. The van der Waals surface area contributed by atoms with Crippen LogP contribution in [0.2, 0.25) is 15.1 Å². The Morgan fingerprint density at radius 2 is 1.64 bits per heavy atom. The summed E-state index contributed by atoms with van der Waals surface area (Å²) >= 11 is 19.8. The molecule has 3 amide bonds. The second-order valence-corrected chi connectivity index (χ2v) is 10.3. The van der Waals surface area contributed by atoms with Crippen molar-refractivity contribution < 1.29 is 9.59 Å². The van der Waals surface area contributed by atoms with Gasteiger partial charge in [-0.3, -0.25) is 9.69 Å². The summed E-state index contributed by atoms with van der Waals surface area (Å²) in [5.41, 5.74) is 5.00. The Morgan fingerprint density at radius 1 is 0.917 bits per heavy atom. The number of likely N-dealkylation sites (tertiary alicyclic amines) is 1. The van der Waals surface area contributed by atoms with Gasteiger partial charge in [0.25, 0.3) is 0 Å². The number of halogens is 3. The van der Waals surface area contributed by atoms with Gasteiger partial charge < -0.3 is 10.2 Å². The van der Waals surface area contributed by atoms with Crippen LogP contribution in [0.5, 0.6) is 0 Å². The first kappa shape index (κ1) is 24.9. The maximum atomic E-state index is 13.3. The molecule has 0 spiro atoms. The minimum atomic E-state index is -0.298. The maximum Gasteiger partial charge on any atom is 0.326 e. The third kappa shape index (κ3) is 4.56. The summed E-state index contributed by atoms with van der Waals surface area (Å²) in [5.74, 6) is 0.346. The van der Waals surface area contributed by atoms with Crippen molar-refractivity contribution in [2.75, 3.05) is 18.0 Å². The van der Waals surface area contributed by atoms with E-state index in [0.717, 1.165) is 40.8 Å². The van der Waals surface area contributed by atoms with E-state index in [4.69, 9.17) is 34.8 Å². The number of nitrogens with one attached hydrogen (secondary N) is 1. The summed E-state index contributed by atoms with van der Waals surface area (Å²) in [7, 11) is 0. The molecule has 0 aromatic heterocycles. The summed E-state index contributed by atoms with van der Waals surface area (Å²) in [4.78, 5) is 29.3. The molecule has 36 heavy (non-hydrogen) atoms. The fourth-order valence-electron chi connectivity index (χ4n) is 5.20. The zero-order valence-corrected chi connectivity index (χ0v) is 22.1. The van der Waals surface area contributed by atoms with Crippen LogP contribution in [0.25, 0.3) is 11.1 Å². The molecule has 0 aliphatic carbocycles. The van der Waals surface area contributed by atoms with Crippen LogP contribution in [-0.2, 0) is 11.3 Å². The lowest BCUT2D eigenvalue weighted by molar-refractivity contribution is -0.130. The van der Waals surface area contributed by atoms with Gasteiger partial charge in [0.15, 0.2) is 0 Å². The molecular weight excluding hydrogens is 517 g/mol. The lowest BCUT2D eigenvalue weighted by Crippen LogP contribution is -2.41. The summed E-state index contributed by atoms with van der Waals surface area (Å²) < 4.78 is 0. The Morgan fingerprint density at radius 3 is 2.36 bits per heavy atom. The molecule has 3 aromatic carbocycles. The zero-order valence-electron chi connectivity index (χ0n) is 19.9. The highest BCUT2D eigenvalue weighted by Crippen LogP contribution is 2.46. The van der Waals surface area contributed by atoms with Crippen molar-refractivity contribution in [2.45, 2.75) is 38.6 Å². The van der Waals surface area contributed by atoms with E-state index in [1.165, 1.54) is 0 Å². The van der Waals surface area contributed by atoms with Gasteiger partial charge in [0.1, 0.15) is 0 Å². The van der Waals surface area contributed by atoms with Gasteiger partial charge >= 0.3 is 6.03 Å². The van der Waals surface area contributed by atoms with E-state index in [1.54, 1.807) is 23.1 Å². The lowest BCUT2D eigenvalue weighted by atomic mass is 9.86. The SMILES string of the molecule is CCN1CCC(c2cc(-c3ccccc3Cl)c3c(c2)N(c2c(Cl)cccc2Cl)C(=O)NC3)CCC1=O. The number of amides is 3. The van der Waals surface area contributed by atoms with Crippen LogP contribution in [0.1, 0.15) is 43.2 Å². The van der Waals surface area contributed by atoms with Gasteiger partial charge in [-0.2, -0.15) is 0 Å². The number of fused-ring (bicyclic) bond motifs is 1. The molecule has 8 heteroatoms. The predicted octanol–water partition coefficient (Wildman–Crippen LogP) is 7.79. The van der Waals surface area contributed by atoms with Gasteiger partial charge in [0, 0.05) is 42.2 Å². The Bertz CT molecular complexity index is 1320. The van der Waals surface area contributed by atoms with Crippen molar-refractivity contribution >= 4 is 58.1 Å². The molecule has 0 radical (unpaired) electrons. The number of hydrogen-bond acceptors (Lipinski definition) is 2. The number of carbonyl (C=O) groups excluding carboxylic acids is 2. The van der Waals surface area contributed by atoms with Crippen molar-refractivity contribution in [3.63, 3.8) is 0 Å². The molecule has 0 bridgehead atoms. The molecule has 5 rings (SSSR count). The number of para-hydroxylation sites is 1. The number of carbonyl (C=O) groups is 2. The topological polar surface area (TPSA) is 52.6 Å². The highest BCUT2D eigenvalue weighted by Gasteiger charge is 2.33. The van der Waals surface area contributed by atoms with Crippen molar-refractivity contribution in [2.24, 2.45) is 0 Å². The van der Waals surface area contributed by atoms with Gasteiger partial charge in [-0.15, -0.1) is 0 Å². The molecule has 2 aliphatic rings. The summed E-state index contributed by atoms with van der Waals surface area (Å²) in [6, 6.07) is 16.8. The van der Waals surface area contributed by atoms with Crippen LogP contribution in [0.4, 0.5) is 16.2 Å². The molecule has 2 heterocycles. The van der Waals surface area contributed by atoms with Crippen molar-refractivity contribution in [3.8, 4) is 11.1 Å². The quantitative estimate of drug-likeness (QED) is 0.366. The summed E-state index contributed by atoms with van der Waals surface area (Å²) in [6.45, 7) is 3.77. The minimum absolute atomic E-state index is 0.158. The van der Waals surface area contributed by atoms with E-state index < -0.39 is 0 Å². The summed E-state index contributed by atoms with van der Waals surface area (Å²) in [6.07, 6.45) is 2.09. The Labute approximate surface area is 225 Å². The fraction of sp³-hybridized carbons (Fsp3) is 0.286. The molecular formula is C28H26Cl3N3O2. The van der Waals surface area contributed by atoms with E-state index in [9.17, 15) is 9.59 Å². The van der Waals surface area contributed by atoms with Gasteiger partial charge in [-0.05, 0) is 61.1 Å². The predicted molar refractivity (Wildman–Crippen MR) is 147 cm³/mol. The van der Waals surface area contributed by atoms with Crippen LogP contribution in [0.3, 0.4) is 0 Å². The maximum absolute atomic E-state index is 13.3. The van der Waals surface area contributed by atoms with Crippen LogP contribution < -0.4 is 10.2 Å². The molecule has 1 atom stereocenters. The Hall–Kier alpha value is -2.73. The highest BCUT2D eigenvalue weighted by molar-refractivity contribution is 6.40. The minimum Gasteiger partial charge on any atom is -0.343 e. The Balaban J connectivity index is 1.71. The summed E-state index contributed by atoms with van der Waals surface area (Å²) in [5, 5.41) is 4.37. The zero-order chi connectivity index (χ0) is 25.4. The third-order valence-electron chi connectivity index (χ3n) is 7.09. The Kier molecular flexibility index (Phi) is 7.16. The van der Waals surface area contributed by atoms with Crippen LogP contribution in [-0.4, -0.2) is 29.9 Å². The van der Waals surface area contributed by atoms with Crippen LogP contribution in [0, 0.1) is 0 Å². The van der Waals surface area contributed by atoms with E-state index in [-0.39, 0.29) is 17.9 Å². The number of benzene rings is 3. The van der Waals surface area contributed by atoms with E-state index in [1.807, 2.05) is 36.1 Å². The van der Waals surface area contributed by atoms with Crippen molar-refractivity contribution in [1.82, 2.24) is 10.2 Å². The van der Waals surface area contributed by atoms with E-state index >= 15 is 0 Å². The van der Waals surface area contributed by atoms with E-state index in [0.29, 0.717) is 46.8 Å². The lowest BCUT2D eigenvalue weighted by Gasteiger charge is -2.34. The molecule has 1 fully saturated rings. The molecule has 2 aliphatic heterocycles. The molecule has 1 unspecified atom stereocenters. The molecule has 1 saturated heterocycles. The molecule has 5 nitrogen and oxygen atoms in total. The largest absolute Gasteiger partial charge is 0.343 e. The third-order valence-corrected chi connectivity index (χ3v) is 8.03.